The molecule has 16 heavy (non-hydrogen) atoms. The molecule has 4 heteroatoms. The van der Waals surface area contributed by atoms with Crippen LogP contribution in [0.3, 0.4) is 0 Å². The number of hydrogen-bond donors (Lipinski definition) is 0. The number of rotatable bonds is 2. The highest BCUT2D eigenvalue weighted by atomic mass is 35.5. The average molecular weight is 238 g/mol. The van der Waals surface area contributed by atoms with E-state index in [1.165, 1.54) is 0 Å². The van der Waals surface area contributed by atoms with Crippen molar-refractivity contribution in [1.29, 1.82) is 0 Å². The Hall–Kier alpha value is -1.35. The number of aromatic nitrogens is 1. The molecule has 0 spiro atoms. The van der Waals surface area contributed by atoms with E-state index < -0.39 is 10.8 Å². The molecule has 84 valence electrons. The number of hydrogen-bond acceptors (Lipinski definition) is 3. The average Bonchev–Trinajstić information content (AvgIpc) is 2.30. The number of alkyl halides is 1. The van der Waals surface area contributed by atoms with Gasteiger partial charge in [0.15, 0.2) is 4.87 Å². The van der Waals surface area contributed by atoms with Gasteiger partial charge in [0.1, 0.15) is 0 Å². The molecule has 0 amide bonds. The number of carbonyl (C=O) groups excluding carboxylic acids is 1. The van der Waals surface area contributed by atoms with Gasteiger partial charge in [-0.05, 0) is 18.6 Å². The van der Waals surface area contributed by atoms with E-state index in [1.807, 2.05) is 24.3 Å². The molecule has 0 bridgehead atoms. The number of allylic oxidation sites excluding steroid dienone is 1. The van der Waals surface area contributed by atoms with Crippen molar-refractivity contribution < 1.29 is 9.53 Å². The summed E-state index contributed by atoms with van der Waals surface area (Å²) in [4.78, 5) is 14.9. The van der Waals surface area contributed by atoms with Gasteiger partial charge in [-0.1, -0.05) is 29.8 Å². The van der Waals surface area contributed by atoms with Crippen LogP contribution >= 0.6 is 11.6 Å². The molecule has 0 radical (unpaired) electrons. The zero-order valence-electron chi connectivity index (χ0n) is 8.94. The minimum atomic E-state index is -1.17. The highest BCUT2D eigenvalue weighted by Crippen LogP contribution is 2.39. The summed E-state index contributed by atoms with van der Waals surface area (Å²) in [6.07, 6.45) is 5.84. The molecule has 0 N–H and O–H groups in total. The fraction of sp³-hybridized carbons (Fsp3) is 0.333. The van der Waals surface area contributed by atoms with Crippen molar-refractivity contribution in [2.45, 2.75) is 18.2 Å². The number of halogens is 1. The first kappa shape index (κ1) is 11.1. The van der Waals surface area contributed by atoms with Crippen molar-refractivity contribution in [3.05, 3.63) is 35.7 Å². The van der Waals surface area contributed by atoms with Crippen LogP contribution in [0, 0.1) is 0 Å². The monoisotopic (exact) mass is 237 g/mol. The minimum absolute atomic E-state index is 0.319. The van der Waals surface area contributed by atoms with Crippen LogP contribution in [0.15, 0.2) is 24.4 Å². The molecule has 1 aromatic rings. The van der Waals surface area contributed by atoms with E-state index >= 15 is 0 Å². The fourth-order valence-electron chi connectivity index (χ4n) is 1.75. The van der Waals surface area contributed by atoms with Crippen LogP contribution in [-0.4, -0.2) is 17.6 Å². The summed E-state index contributed by atoms with van der Waals surface area (Å²) in [5.41, 5.74) is 1.45. The number of esters is 1. The number of pyridine rings is 1. The molecule has 0 aliphatic heterocycles. The molecule has 1 heterocycles. The Morgan fingerprint density at radius 1 is 1.69 bits per heavy atom. The molecular formula is C12H12ClNO2. The second-order valence-electron chi connectivity index (χ2n) is 3.57. The normalized spacial score (nSPS) is 22.6. The molecule has 3 nitrogen and oxygen atoms in total. The van der Waals surface area contributed by atoms with Crippen LogP contribution in [0.1, 0.15) is 24.6 Å². The van der Waals surface area contributed by atoms with Gasteiger partial charge < -0.3 is 4.74 Å². The molecule has 0 aromatic carbocycles. The number of ether oxygens (including phenoxy) is 1. The van der Waals surface area contributed by atoms with E-state index in [-0.39, 0.29) is 0 Å². The summed E-state index contributed by atoms with van der Waals surface area (Å²) in [5.74, 6) is -0.430. The van der Waals surface area contributed by atoms with Gasteiger partial charge in [-0.15, -0.1) is 0 Å². The van der Waals surface area contributed by atoms with Crippen LogP contribution in [0.4, 0.5) is 0 Å². The van der Waals surface area contributed by atoms with Crippen LogP contribution in [0.2, 0.25) is 0 Å². The Balaban J connectivity index is 2.44. The summed E-state index contributed by atoms with van der Waals surface area (Å²) in [7, 11) is 0. The zero-order chi connectivity index (χ0) is 11.6. The lowest BCUT2D eigenvalue weighted by atomic mass is 9.91. The summed E-state index contributed by atoms with van der Waals surface area (Å²) >= 11 is 6.35. The Bertz CT molecular complexity index is 444. The predicted octanol–water partition coefficient (Wildman–Crippen LogP) is 2.50. The lowest BCUT2D eigenvalue weighted by Crippen LogP contribution is -2.34. The van der Waals surface area contributed by atoms with Crippen LogP contribution in [-0.2, 0) is 14.4 Å². The third-order valence-corrected chi connectivity index (χ3v) is 3.00. The van der Waals surface area contributed by atoms with Crippen LogP contribution < -0.4 is 0 Å². The maximum atomic E-state index is 11.9. The molecule has 1 unspecified atom stereocenters. The molecule has 1 aliphatic carbocycles. The first-order chi connectivity index (χ1) is 7.68. The maximum Gasteiger partial charge on any atom is 0.333 e. The standard InChI is InChI=1S/C12H12ClNO2/c1-2-16-11(15)12(13)7-3-5-9-6-4-8-14-10(9)12/h3-6,8H,2,7H2,1H3. The third kappa shape index (κ3) is 1.71. The summed E-state index contributed by atoms with van der Waals surface area (Å²) < 4.78 is 5.00. The lowest BCUT2D eigenvalue weighted by Gasteiger charge is -2.26. The summed E-state index contributed by atoms with van der Waals surface area (Å²) in [6, 6.07) is 3.70. The molecule has 0 saturated heterocycles. The van der Waals surface area contributed by atoms with Crippen LogP contribution in [0.5, 0.6) is 0 Å². The van der Waals surface area contributed by atoms with Gasteiger partial charge in [0.2, 0.25) is 0 Å². The number of fused-ring (bicyclic) bond motifs is 1. The quantitative estimate of drug-likeness (QED) is 0.586. The van der Waals surface area contributed by atoms with Crippen molar-refractivity contribution in [2.24, 2.45) is 0 Å². The first-order valence-electron chi connectivity index (χ1n) is 5.16. The van der Waals surface area contributed by atoms with Crippen molar-refractivity contribution in [2.75, 3.05) is 6.61 Å². The van der Waals surface area contributed by atoms with Gasteiger partial charge in [0.05, 0.1) is 12.3 Å². The Morgan fingerprint density at radius 2 is 2.50 bits per heavy atom. The SMILES string of the molecule is CCOC(=O)C1(Cl)CC=Cc2cccnc21. The topological polar surface area (TPSA) is 39.2 Å². The first-order valence-corrected chi connectivity index (χ1v) is 5.54. The zero-order valence-corrected chi connectivity index (χ0v) is 9.70. The van der Waals surface area contributed by atoms with E-state index in [2.05, 4.69) is 4.98 Å². The lowest BCUT2D eigenvalue weighted by molar-refractivity contribution is -0.146. The van der Waals surface area contributed by atoms with E-state index in [0.29, 0.717) is 18.7 Å². The molecule has 0 fully saturated rings. The molecule has 1 aromatic heterocycles. The summed E-state index contributed by atoms with van der Waals surface area (Å²) in [5, 5.41) is 0. The second-order valence-corrected chi connectivity index (χ2v) is 4.21. The van der Waals surface area contributed by atoms with Gasteiger partial charge >= 0.3 is 5.97 Å². The predicted molar refractivity (Wildman–Crippen MR) is 62.1 cm³/mol. The molecule has 1 atom stereocenters. The van der Waals surface area contributed by atoms with Crippen molar-refractivity contribution in [1.82, 2.24) is 4.98 Å². The highest BCUT2D eigenvalue weighted by Gasteiger charge is 2.42. The second kappa shape index (κ2) is 4.26. The van der Waals surface area contributed by atoms with Gasteiger partial charge in [0.25, 0.3) is 0 Å². The highest BCUT2D eigenvalue weighted by molar-refractivity contribution is 6.34. The van der Waals surface area contributed by atoms with Crippen LogP contribution in [0.25, 0.3) is 6.08 Å². The Morgan fingerprint density at radius 3 is 3.25 bits per heavy atom. The Labute approximate surface area is 99.1 Å². The van der Waals surface area contributed by atoms with Crippen molar-refractivity contribution >= 4 is 23.6 Å². The van der Waals surface area contributed by atoms with Gasteiger partial charge in [-0.3, -0.25) is 4.98 Å². The minimum Gasteiger partial charge on any atom is -0.464 e. The van der Waals surface area contributed by atoms with Gasteiger partial charge in [-0.25, -0.2) is 4.79 Å². The number of nitrogens with zero attached hydrogens (tertiary/aromatic N) is 1. The van der Waals surface area contributed by atoms with Crippen molar-refractivity contribution in [3.63, 3.8) is 0 Å². The Kier molecular flexibility index (Phi) is 2.97. The van der Waals surface area contributed by atoms with E-state index in [4.69, 9.17) is 16.3 Å². The maximum absolute atomic E-state index is 11.9. The molecule has 2 rings (SSSR count). The smallest absolute Gasteiger partial charge is 0.333 e. The largest absolute Gasteiger partial charge is 0.464 e. The van der Waals surface area contributed by atoms with Gasteiger partial charge in [0, 0.05) is 12.6 Å². The summed E-state index contributed by atoms with van der Waals surface area (Å²) in [6.45, 7) is 2.08. The molecular weight excluding hydrogens is 226 g/mol. The van der Waals surface area contributed by atoms with Gasteiger partial charge in [-0.2, -0.15) is 0 Å². The van der Waals surface area contributed by atoms with E-state index in [9.17, 15) is 4.79 Å². The third-order valence-electron chi connectivity index (χ3n) is 2.51. The molecule has 0 saturated carbocycles. The fourth-order valence-corrected chi connectivity index (χ4v) is 2.06. The number of carbonyl (C=O) groups is 1. The van der Waals surface area contributed by atoms with E-state index in [0.717, 1.165) is 5.56 Å². The molecule has 1 aliphatic rings. The van der Waals surface area contributed by atoms with Crippen molar-refractivity contribution in [3.8, 4) is 0 Å². The van der Waals surface area contributed by atoms with E-state index in [1.54, 1.807) is 13.1 Å².